The topological polar surface area (TPSA) is 105 Å². The van der Waals surface area contributed by atoms with Gasteiger partial charge in [0.05, 0.1) is 37.2 Å². The van der Waals surface area contributed by atoms with Gasteiger partial charge in [0.2, 0.25) is 0 Å². The number of carbonyl (C=O) groups is 1. The molecule has 1 heterocycles. The molecular weight excluding hydrogens is 498 g/mol. The molecule has 0 bridgehead atoms. The van der Waals surface area contributed by atoms with Gasteiger partial charge in [-0.05, 0) is 47.9 Å². The first-order valence-corrected chi connectivity index (χ1v) is 13.3. The molecule has 2 N–H and O–H groups in total. The quantitative estimate of drug-likeness (QED) is 0.273. The number of hydrogen-bond acceptors (Lipinski definition) is 8. The van der Waals surface area contributed by atoms with Gasteiger partial charge in [-0.3, -0.25) is 10.1 Å². The normalized spacial score (nSPS) is 12.6. The smallest absolute Gasteiger partial charge is 0.253 e. The van der Waals surface area contributed by atoms with E-state index in [9.17, 15) is 9.35 Å². The molecule has 3 aromatic carbocycles. The summed E-state index contributed by atoms with van der Waals surface area (Å²) in [5, 5.41) is 6.67. The van der Waals surface area contributed by atoms with E-state index in [2.05, 4.69) is 15.6 Å². The molecule has 0 fully saturated rings. The van der Waals surface area contributed by atoms with Crippen molar-refractivity contribution in [3.05, 3.63) is 66.2 Å². The zero-order chi connectivity index (χ0) is 25.7. The predicted molar refractivity (Wildman–Crippen MR) is 144 cm³/mol. The van der Waals surface area contributed by atoms with Crippen LogP contribution in [0, 0.1) is 0 Å². The van der Waals surface area contributed by atoms with Crippen LogP contribution in [-0.4, -0.2) is 42.5 Å². The number of amides is 1. The van der Waals surface area contributed by atoms with Gasteiger partial charge in [-0.1, -0.05) is 35.6 Å². The second-order valence-corrected chi connectivity index (χ2v) is 10.4. The van der Waals surface area contributed by atoms with Gasteiger partial charge in [0.25, 0.3) is 5.91 Å². The van der Waals surface area contributed by atoms with Crippen LogP contribution in [0.2, 0.25) is 0 Å². The van der Waals surface area contributed by atoms with E-state index in [4.69, 9.17) is 14.2 Å². The molecule has 10 heteroatoms. The summed E-state index contributed by atoms with van der Waals surface area (Å²) in [6, 6.07) is 17.4. The maximum atomic E-state index is 13.6. The molecule has 2 atom stereocenters. The molecule has 0 radical (unpaired) electrons. The van der Waals surface area contributed by atoms with E-state index >= 15 is 0 Å². The Morgan fingerprint density at radius 2 is 1.67 bits per heavy atom. The van der Waals surface area contributed by atoms with Crippen LogP contribution in [0.4, 0.5) is 10.8 Å². The lowest BCUT2D eigenvalue weighted by Gasteiger charge is -2.21. The Labute approximate surface area is 216 Å². The van der Waals surface area contributed by atoms with Gasteiger partial charge >= 0.3 is 0 Å². The van der Waals surface area contributed by atoms with Crippen molar-refractivity contribution in [2.24, 2.45) is 0 Å². The third-order valence-corrected chi connectivity index (χ3v) is 7.79. The fraction of sp³-hybridized carbons (Fsp3) is 0.231. The maximum absolute atomic E-state index is 13.6. The number of thiazole rings is 1. The average molecular weight is 526 g/mol. The van der Waals surface area contributed by atoms with Gasteiger partial charge < -0.3 is 24.1 Å². The summed E-state index contributed by atoms with van der Waals surface area (Å²) < 4.78 is 29.2. The van der Waals surface area contributed by atoms with E-state index in [1.165, 1.54) is 11.3 Å². The maximum Gasteiger partial charge on any atom is 0.253 e. The Morgan fingerprint density at radius 3 is 2.33 bits per heavy atom. The Hall–Kier alpha value is -3.47. The summed E-state index contributed by atoms with van der Waals surface area (Å²) in [6.07, 6.45) is 0. The van der Waals surface area contributed by atoms with Crippen LogP contribution in [0.1, 0.15) is 18.5 Å². The van der Waals surface area contributed by atoms with E-state index in [1.807, 2.05) is 49.4 Å². The molecule has 0 aliphatic rings. The minimum atomic E-state index is -1.08. The second-order valence-electron chi connectivity index (χ2n) is 7.66. The molecule has 1 amide bonds. The summed E-state index contributed by atoms with van der Waals surface area (Å²) >= 11 is 0.257. The third kappa shape index (κ3) is 5.51. The standard InChI is InChI=1S/C26H27N3O5S2/c1-5-36(31)17-12-10-16(11-13-17)24(27-18-8-6-7-9-20(18)32-2)25(30)29-26-28-19-14-21(33-3)22(34-4)15-23(19)35-26/h6-15,24,27H,5H2,1-4H3,(H,28,29,30). The van der Waals surface area contributed by atoms with E-state index < -0.39 is 17.2 Å². The van der Waals surface area contributed by atoms with Gasteiger partial charge in [-0.25, -0.2) is 4.98 Å². The van der Waals surface area contributed by atoms with Gasteiger partial charge in [0.15, 0.2) is 21.5 Å². The lowest BCUT2D eigenvalue weighted by Crippen LogP contribution is -2.27. The molecule has 0 aliphatic carbocycles. The van der Waals surface area contributed by atoms with Crippen LogP contribution < -0.4 is 24.8 Å². The van der Waals surface area contributed by atoms with E-state index in [0.29, 0.717) is 49.8 Å². The first kappa shape index (κ1) is 25.6. The molecular formula is C26H27N3O5S2. The molecule has 36 heavy (non-hydrogen) atoms. The van der Waals surface area contributed by atoms with E-state index in [0.717, 1.165) is 4.70 Å². The molecule has 0 aliphatic heterocycles. The predicted octanol–water partition coefficient (Wildman–Crippen LogP) is 5.24. The number of para-hydroxylation sites is 2. The molecule has 2 unspecified atom stereocenters. The van der Waals surface area contributed by atoms with Crippen molar-refractivity contribution in [1.29, 1.82) is 0 Å². The van der Waals surface area contributed by atoms with Crippen molar-refractivity contribution in [2.75, 3.05) is 37.7 Å². The summed E-state index contributed by atoms with van der Waals surface area (Å²) in [5.74, 6) is 1.98. The first-order valence-electron chi connectivity index (χ1n) is 11.2. The fourth-order valence-corrected chi connectivity index (χ4v) is 5.34. The molecule has 4 rings (SSSR count). The van der Waals surface area contributed by atoms with Crippen molar-refractivity contribution in [2.45, 2.75) is 17.9 Å². The van der Waals surface area contributed by atoms with Crippen LogP contribution in [0.3, 0.4) is 0 Å². The second kappa shape index (κ2) is 11.5. The van der Waals surface area contributed by atoms with Gasteiger partial charge in [-0.2, -0.15) is 0 Å². The minimum Gasteiger partial charge on any atom is -0.611 e. The Kier molecular flexibility index (Phi) is 8.19. The average Bonchev–Trinajstić information content (AvgIpc) is 3.31. The van der Waals surface area contributed by atoms with Crippen LogP contribution in [0.25, 0.3) is 10.2 Å². The number of fused-ring (bicyclic) bond motifs is 1. The van der Waals surface area contributed by atoms with Gasteiger partial charge in [0.1, 0.15) is 17.5 Å². The summed E-state index contributed by atoms with van der Waals surface area (Å²) in [4.78, 5) is 18.8. The molecule has 1 aromatic heterocycles. The largest absolute Gasteiger partial charge is 0.611 e. The SMILES string of the molecule is CC[S+]([O-])c1ccc(C(Nc2ccccc2OC)C(=O)Nc2nc3cc(OC)c(OC)cc3s2)cc1. The van der Waals surface area contributed by atoms with Crippen LogP contribution in [-0.2, 0) is 16.0 Å². The summed E-state index contributed by atoms with van der Waals surface area (Å²) in [7, 11) is 4.71. The fourth-order valence-electron chi connectivity index (χ4n) is 3.68. The molecule has 0 saturated carbocycles. The van der Waals surface area contributed by atoms with Gasteiger partial charge in [-0.15, -0.1) is 0 Å². The van der Waals surface area contributed by atoms with Crippen molar-refractivity contribution in [3.63, 3.8) is 0 Å². The molecule has 0 spiro atoms. The number of nitrogens with one attached hydrogen (secondary N) is 2. The third-order valence-electron chi connectivity index (χ3n) is 5.53. The Bertz CT molecular complexity index is 1300. The molecule has 188 valence electrons. The monoisotopic (exact) mass is 525 g/mol. The summed E-state index contributed by atoms with van der Waals surface area (Å²) in [5.41, 5.74) is 2.06. The lowest BCUT2D eigenvalue weighted by atomic mass is 10.1. The van der Waals surface area contributed by atoms with Gasteiger partial charge in [0, 0.05) is 12.1 Å². The number of hydrogen-bond donors (Lipinski definition) is 2. The van der Waals surface area contributed by atoms with Crippen molar-refractivity contribution >= 4 is 49.5 Å². The number of ether oxygens (including phenoxy) is 3. The number of aromatic nitrogens is 1. The molecule has 8 nitrogen and oxygen atoms in total. The lowest BCUT2D eigenvalue weighted by molar-refractivity contribution is -0.117. The highest BCUT2D eigenvalue weighted by Gasteiger charge is 2.24. The number of anilines is 2. The number of benzene rings is 3. The summed E-state index contributed by atoms with van der Waals surface area (Å²) in [6.45, 7) is 1.87. The zero-order valence-electron chi connectivity index (χ0n) is 20.4. The Morgan fingerprint density at radius 1 is 1.00 bits per heavy atom. The van der Waals surface area contributed by atoms with Crippen molar-refractivity contribution in [3.8, 4) is 17.2 Å². The van der Waals surface area contributed by atoms with E-state index in [1.54, 1.807) is 39.5 Å². The Balaban J connectivity index is 1.66. The number of nitrogens with zero attached hydrogens (tertiary/aromatic N) is 1. The minimum absolute atomic E-state index is 0.303. The molecule has 0 saturated heterocycles. The highest BCUT2D eigenvalue weighted by Crippen LogP contribution is 2.37. The number of methoxy groups -OCH3 is 3. The van der Waals surface area contributed by atoms with E-state index in [-0.39, 0.29) is 5.91 Å². The first-order chi connectivity index (χ1) is 17.5. The zero-order valence-corrected chi connectivity index (χ0v) is 22.0. The van der Waals surface area contributed by atoms with Crippen molar-refractivity contribution in [1.82, 2.24) is 4.98 Å². The highest BCUT2D eigenvalue weighted by atomic mass is 32.2. The van der Waals surface area contributed by atoms with Crippen LogP contribution in [0.15, 0.2) is 65.6 Å². The van der Waals surface area contributed by atoms with Crippen molar-refractivity contribution < 1.29 is 23.6 Å². The van der Waals surface area contributed by atoms with Crippen LogP contribution in [0.5, 0.6) is 17.2 Å². The number of carbonyl (C=O) groups excluding carboxylic acids is 1. The molecule has 4 aromatic rings. The highest BCUT2D eigenvalue weighted by molar-refractivity contribution is 7.91. The van der Waals surface area contributed by atoms with Crippen LogP contribution >= 0.6 is 11.3 Å². The number of rotatable bonds is 10.